The highest BCUT2D eigenvalue weighted by Gasteiger charge is 2.29. The lowest BCUT2D eigenvalue weighted by atomic mass is 9.92. The summed E-state index contributed by atoms with van der Waals surface area (Å²) in [6.07, 6.45) is 1.05. The van der Waals surface area contributed by atoms with Crippen molar-refractivity contribution in [3.05, 3.63) is 34.9 Å². The minimum Gasteiger partial charge on any atom is -0.342 e. The van der Waals surface area contributed by atoms with Crippen LogP contribution in [0.3, 0.4) is 0 Å². The number of likely N-dealkylation sites (tertiary alicyclic amines) is 1. The monoisotopic (exact) mass is 302 g/mol. The lowest BCUT2D eigenvalue weighted by Crippen LogP contribution is -2.50. The van der Waals surface area contributed by atoms with Gasteiger partial charge in [-0.2, -0.15) is 0 Å². The Kier molecular flexibility index (Phi) is 5.63. The molecule has 3 heteroatoms. The van der Waals surface area contributed by atoms with Crippen LogP contribution in [0.5, 0.6) is 0 Å². The first kappa shape index (κ1) is 17.0. The van der Waals surface area contributed by atoms with Gasteiger partial charge >= 0.3 is 0 Å². The summed E-state index contributed by atoms with van der Waals surface area (Å²) in [6.45, 7) is 13.3. The molecule has 0 saturated carbocycles. The molecule has 1 amide bonds. The Morgan fingerprint density at radius 2 is 2.09 bits per heavy atom. The number of hydrogen-bond donors (Lipinski definition) is 1. The van der Waals surface area contributed by atoms with Gasteiger partial charge in [-0.15, -0.1) is 0 Å². The lowest BCUT2D eigenvalue weighted by molar-refractivity contribution is -0.136. The molecule has 122 valence electrons. The van der Waals surface area contributed by atoms with Crippen molar-refractivity contribution in [1.29, 1.82) is 0 Å². The molecular formula is C19H30N2O. The lowest BCUT2D eigenvalue weighted by Gasteiger charge is -2.38. The first-order valence-electron chi connectivity index (χ1n) is 8.47. The zero-order valence-corrected chi connectivity index (χ0v) is 14.6. The van der Waals surface area contributed by atoms with Crippen LogP contribution in [0, 0.1) is 25.7 Å². The van der Waals surface area contributed by atoms with Crippen LogP contribution in [0.15, 0.2) is 18.2 Å². The number of rotatable bonds is 4. The normalized spacial score (nSPS) is 22.2. The molecule has 0 spiro atoms. The molecule has 0 aliphatic carbocycles. The fourth-order valence-corrected chi connectivity index (χ4v) is 3.26. The summed E-state index contributed by atoms with van der Waals surface area (Å²) in [6, 6.07) is 7.00. The average molecular weight is 302 g/mol. The zero-order chi connectivity index (χ0) is 16.3. The van der Waals surface area contributed by atoms with E-state index in [1.54, 1.807) is 0 Å². The molecule has 1 aromatic carbocycles. The molecule has 1 saturated heterocycles. The van der Waals surface area contributed by atoms with E-state index in [-0.39, 0.29) is 5.92 Å². The Morgan fingerprint density at radius 1 is 1.36 bits per heavy atom. The fraction of sp³-hybridized carbons (Fsp3) is 0.632. The van der Waals surface area contributed by atoms with E-state index in [4.69, 9.17) is 0 Å². The van der Waals surface area contributed by atoms with Gasteiger partial charge in [0.05, 0.1) is 0 Å². The van der Waals surface area contributed by atoms with Crippen molar-refractivity contribution in [2.75, 3.05) is 13.1 Å². The van der Waals surface area contributed by atoms with Gasteiger partial charge in [0.1, 0.15) is 0 Å². The molecule has 1 N–H and O–H groups in total. The van der Waals surface area contributed by atoms with Crippen LogP contribution in [0.4, 0.5) is 0 Å². The molecule has 2 rings (SSSR count). The van der Waals surface area contributed by atoms with Crippen LogP contribution in [0.2, 0.25) is 0 Å². The molecule has 1 aliphatic rings. The minimum atomic E-state index is 0.103. The van der Waals surface area contributed by atoms with Crippen LogP contribution < -0.4 is 5.32 Å². The number of aryl methyl sites for hydroxylation is 1. The molecule has 1 aromatic rings. The second kappa shape index (κ2) is 7.28. The van der Waals surface area contributed by atoms with Gasteiger partial charge in [-0.3, -0.25) is 4.79 Å². The van der Waals surface area contributed by atoms with Gasteiger partial charge in [-0.25, -0.2) is 0 Å². The van der Waals surface area contributed by atoms with Gasteiger partial charge < -0.3 is 10.2 Å². The smallest absolute Gasteiger partial charge is 0.225 e. The zero-order valence-electron chi connectivity index (χ0n) is 14.6. The molecule has 0 radical (unpaired) electrons. The van der Waals surface area contributed by atoms with Gasteiger partial charge in [0, 0.05) is 31.6 Å². The van der Waals surface area contributed by atoms with Crippen molar-refractivity contribution in [3.8, 4) is 0 Å². The van der Waals surface area contributed by atoms with Crippen molar-refractivity contribution in [3.63, 3.8) is 0 Å². The summed E-state index contributed by atoms with van der Waals surface area (Å²) in [7, 11) is 0. The number of nitrogens with zero attached hydrogens (tertiary/aromatic N) is 1. The van der Waals surface area contributed by atoms with Gasteiger partial charge in [0.2, 0.25) is 5.91 Å². The van der Waals surface area contributed by atoms with E-state index in [0.29, 0.717) is 17.9 Å². The van der Waals surface area contributed by atoms with E-state index in [1.165, 1.54) is 16.7 Å². The SMILES string of the molecule is Cc1cccc(CN[C@H]2CCN(C(=O)C(C)C)C[C@@H]2C)c1C. The molecule has 22 heavy (non-hydrogen) atoms. The predicted molar refractivity (Wildman–Crippen MR) is 91.7 cm³/mol. The largest absolute Gasteiger partial charge is 0.342 e. The maximum absolute atomic E-state index is 12.1. The van der Waals surface area contributed by atoms with Gasteiger partial charge in [-0.05, 0) is 42.9 Å². The highest BCUT2D eigenvalue weighted by molar-refractivity contribution is 5.78. The number of benzene rings is 1. The molecule has 3 nitrogen and oxygen atoms in total. The minimum absolute atomic E-state index is 0.103. The van der Waals surface area contributed by atoms with Gasteiger partial charge in [0.25, 0.3) is 0 Å². The van der Waals surface area contributed by atoms with E-state index in [1.807, 2.05) is 18.7 Å². The number of piperidine rings is 1. The molecule has 0 bridgehead atoms. The average Bonchev–Trinajstić information content (AvgIpc) is 2.49. The fourth-order valence-electron chi connectivity index (χ4n) is 3.26. The predicted octanol–water partition coefficient (Wildman–Crippen LogP) is 3.29. The number of hydrogen-bond acceptors (Lipinski definition) is 2. The summed E-state index contributed by atoms with van der Waals surface area (Å²) in [5.41, 5.74) is 4.12. The van der Waals surface area contributed by atoms with Crippen LogP contribution in [-0.4, -0.2) is 29.9 Å². The Labute approximate surface area is 135 Å². The van der Waals surface area contributed by atoms with Crippen molar-refractivity contribution < 1.29 is 4.79 Å². The molecule has 1 heterocycles. The Balaban J connectivity index is 1.90. The maximum atomic E-state index is 12.1. The maximum Gasteiger partial charge on any atom is 0.225 e. The topological polar surface area (TPSA) is 32.3 Å². The Bertz CT molecular complexity index is 524. The van der Waals surface area contributed by atoms with E-state index in [9.17, 15) is 4.79 Å². The van der Waals surface area contributed by atoms with Crippen molar-refractivity contribution >= 4 is 5.91 Å². The first-order chi connectivity index (χ1) is 10.4. The summed E-state index contributed by atoms with van der Waals surface area (Å²) < 4.78 is 0. The van der Waals surface area contributed by atoms with Crippen LogP contribution in [0.1, 0.15) is 43.9 Å². The number of carbonyl (C=O) groups is 1. The molecular weight excluding hydrogens is 272 g/mol. The third-order valence-corrected chi connectivity index (χ3v) is 4.98. The van der Waals surface area contributed by atoms with E-state index >= 15 is 0 Å². The Hall–Kier alpha value is -1.35. The van der Waals surface area contributed by atoms with Gasteiger partial charge in [-0.1, -0.05) is 39.0 Å². The van der Waals surface area contributed by atoms with Crippen LogP contribution in [0.25, 0.3) is 0 Å². The second-order valence-corrected chi connectivity index (χ2v) is 7.05. The Morgan fingerprint density at radius 3 is 2.73 bits per heavy atom. The molecule has 0 unspecified atom stereocenters. The van der Waals surface area contributed by atoms with E-state index in [0.717, 1.165) is 26.1 Å². The molecule has 1 aliphatic heterocycles. The van der Waals surface area contributed by atoms with Gasteiger partial charge in [0.15, 0.2) is 0 Å². The summed E-state index contributed by atoms with van der Waals surface area (Å²) in [4.78, 5) is 14.2. The summed E-state index contributed by atoms with van der Waals surface area (Å²) in [5.74, 6) is 0.896. The first-order valence-corrected chi connectivity index (χ1v) is 8.47. The second-order valence-electron chi connectivity index (χ2n) is 7.05. The molecule has 2 atom stereocenters. The molecule has 1 fully saturated rings. The van der Waals surface area contributed by atoms with Crippen molar-refractivity contribution in [2.24, 2.45) is 11.8 Å². The quantitative estimate of drug-likeness (QED) is 0.925. The third kappa shape index (κ3) is 3.89. The number of amides is 1. The van der Waals surface area contributed by atoms with Crippen molar-refractivity contribution in [1.82, 2.24) is 10.2 Å². The van der Waals surface area contributed by atoms with Crippen LogP contribution in [-0.2, 0) is 11.3 Å². The highest BCUT2D eigenvalue weighted by atomic mass is 16.2. The standard InChI is InChI=1S/C19H30N2O/c1-13(2)19(22)21-10-9-18(15(4)12-21)20-11-17-8-6-7-14(3)16(17)5/h6-8,13,15,18,20H,9-12H2,1-5H3/t15-,18-/m0/s1. The molecule has 0 aromatic heterocycles. The summed E-state index contributed by atoms with van der Waals surface area (Å²) in [5, 5.41) is 3.71. The van der Waals surface area contributed by atoms with Crippen LogP contribution >= 0.6 is 0 Å². The third-order valence-electron chi connectivity index (χ3n) is 4.98. The van der Waals surface area contributed by atoms with E-state index in [2.05, 4.69) is 44.3 Å². The summed E-state index contributed by atoms with van der Waals surface area (Å²) >= 11 is 0. The van der Waals surface area contributed by atoms with E-state index < -0.39 is 0 Å². The van der Waals surface area contributed by atoms with Crippen molar-refractivity contribution in [2.45, 2.75) is 53.6 Å². The number of carbonyl (C=O) groups excluding carboxylic acids is 1. The highest BCUT2D eigenvalue weighted by Crippen LogP contribution is 2.20. The number of nitrogens with one attached hydrogen (secondary N) is 1.